The Hall–Kier alpha value is -1.92. The lowest BCUT2D eigenvalue weighted by Gasteiger charge is -2.29. The summed E-state index contributed by atoms with van der Waals surface area (Å²) in [6, 6.07) is 8.24. The lowest BCUT2D eigenvalue weighted by molar-refractivity contribution is 0.0904. The molecule has 7 heteroatoms. The maximum absolute atomic E-state index is 12.6. The van der Waals surface area contributed by atoms with Crippen molar-refractivity contribution in [3.8, 4) is 5.69 Å². The van der Waals surface area contributed by atoms with Crippen LogP contribution in [-0.4, -0.2) is 39.8 Å². The van der Waals surface area contributed by atoms with Crippen LogP contribution in [0.1, 0.15) is 55.1 Å². The molecular weight excluding hydrogens is 350 g/mol. The van der Waals surface area contributed by atoms with E-state index < -0.39 is 0 Å². The van der Waals surface area contributed by atoms with Crippen LogP contribution in [0.15, 0.2) is 24.3 Å². The molecule has 1 aromatic carbocycles. The molecule has 2 unspecified atom stereocenters. The number of carbonyl (C=O) groups is 1. The number of rotatable bonds is 4. The number of aryl methyl sites for hydroxylation is 1. The minimum absolute atomic E-state index is 0. The van der Waals surface area contributed by atoms with Crippen LogP contribution in [0.5, 0.6) is 0 Å². The Labute approximate surface area is 161 Å². The Morgan fingerprint density at radius 2 is 2.08 bits per heavy atom. The van der Waals surface area contributed by atoms with Gasteiger partial charge in [-0.15, -0.1) is 17.5 Å². The fourth-order valence-corrected chi connectivity index (χ4v) is 3.30. The minimum atomic E-state index is -0.204. The highest BCUT2D eigenvalue weighted by Gasteiger charge is 2.25. The molecule has 1 aliphatic rings. The summed E-state index contributed by atoms with van der Waals surface area (Å²) in [4.78, 5) is 17.0. The van der Waals surface area contributed by atoms with E-state index in [9.17, 15) is 4.79 Å². The van der Waals surface area contributed by atoms with Crippen molar-refractivity contribution in [2.75, 3.05) is 13.1 Å². The molecule has 26 heavy (non-hydrogen) atoms. The van der Waals surface area contributed by atoms with Gasteiger partial charge in [-0.3, -0.25) is 4.79 Å². The Bertz CT molecular complexity index is 758. The molecule has 0 spiro atoms. The molecule has 2 heterocycles. The first-order valence-corrected chi connectivity index (χ1v) is 9.02. The quantitative estimate of drug-likeness (QED) is 0.859. The van der Waals surface area contributed by atoms with Crippen LogP contribution >= 0.6 is 12.4 Å². The van der Waals surface area contributed by atoms with Crippen molar-refractivity contribution < 1.29 is 4.79 Å². The zero-order valence-corrected chi connectivity index (χ0v) is 16.6. The molecule has 2 N–H and O–H groups in total. The average Bonchev–Trinajstić information content (AvgIpc) is 2.98. The molecule has 1 aliphatic heterocycles. The van der Waals surface area contributed by atoms with Gasteiger partial charge in [-0.1, -0.05) is 39.0 Å². The molecule has 2 atom stereocenters. The normalized spacial score (nSPS) is 19.9. The molecule has 1 fully saturated rings. The monoisotopic (exact) mass is 377 g/mol. The number of para-hydroxylation sites is 1. The number of nitrogens with zero attached hydrogens (tertiary/aromatic N) is 3. The first-order valence-electron chi connectivity index (χ1n) is 9.02. The Kier molecular flexibility index (Phi) is 6.78. The van der Waals surface area contributed by atoms with Crippen molar-refractivity contribution >= 4 is 18.3 Å². The molecule has 1 aromatic heterocycles. The lowest BCUT2D eigenvalue weighted by Crippen LogP contribution is -2.50. The van der Waals surface area contributed by atoms with Gasteiger partial charge in [0.25, 0.3) is 5.91 Å². The van der Waals surface area contributed by atoms with Crippen LogP contribution in [0.2, 0.25) is 0 Å². The molecule has 1 saturated heterocycles. The number of amides is 1. The van der Waals surface area contributed by atoms with E-state index in [1.807, 2.05) is 25.1 Å². The third-order valence-corrected chi connectivity index (χ3v) is 4.90. The molecule has 0 radical (unpaired) electrons. The molecule has 3 rings (SSSR count). The molecule has 2 aromatic rings. The summed E-state index contributed by atoms with van der Waals surface area (Å²) in [7, 11) is 0. The van der Waals surface area contributed by atoms with E-state index >= 15 is 0 Å². The first kappa shape index (κ1) is 20.4. The van der Waals surface area contributed by atoms with Gasteiger partial charge in [-0.05, 0) is 43.4 Å². The zero-order chi connectivity index (χ0) is 18.0. The SMILES string of the molecule is Cc1nc(C(=O)NC2CNCCC2C)nn1-c1ccccc1C(C)C.Cl. The topological polar surface area (TPSA) is 71.8 Å². The molecular formula is C19H28ClN5O. The molecule has 6 nitrogen and oxygen atoms in total. The van der Waals surface area contributed by atoms with E-state index in [0.29, 0.717) is 17.7 Å². The minimum Gasteiger partial charge on any atom is -0.345 e. The van der Waals surface area contributed by atoms with Crippen LogP contribution in [0.3, 0.4) is 0 Å². The summed E-state index contributed by atoms with van der Waals surface area (Å²) in [6.45, 7) is 10.1. The maximum atomic E-state index is 12.6. The highest BCUT2D eigenvalue weighted by molar-refractivity contribution is 5.90. The van der Waals surface area contributed by atoms with Crippen molar-refractivity contribution in [2.45, 2.75) is 46.1 Å². The summed E-state index contributed by atoms with van der Waals surface area (Å²) >= 11 is 0. The van der Waals surface area contributed by atoms with Gasteiger partial charge in [0, 0.05) is 12.6 Å². The van der Waals surface area contributed by atoms with E-state index in [2.05, 4.69) is 47.6 Å². The van der Waals surface area contributed by atoms with Gasteiger partial charge in [0.1, 0.15) is 5.82 Å². The second-order valence-corrected chi connectivity index (χ2v) is 7.16. The highest BCUT2D eigenvalue weighted by Crippen LogP contribution is 2.23. The summed E-state index contributed by atoms with van der Waals surface area (Å²) < 4.78 is 1.77. The Morgan fingerprint density at radius 3 is 2.77 bits per heavy atom. The van der Waals surface area contributed by atoms with Gasteiger partial charge in [-0.25, -0.2) is 9.67 Å². The largest absolute Gasteiger partial charge is 0.345 e. The number of carbonyl (C=O) groups excluding carboxylic acids is 1. The van der Waals surface area contributed by atoms with Crippen LogP contribution < -0.4 is 10.6 Å². The maximum Gasteiger partial charge on any atom is 0.291 e. The van der Waals surface area contributed by atoms with Gasteiger partial charge in [-0.2, -0.15) is 0 Å². The van der Waals surface area contributed by atoms with Crippen molar-refractivity contribution in [3.05, 3.63) is 41.5 Å². The summed E-state index contributed by atoms with van der Waals surface area (Å²) in [5.41, 5.74) is 2.17. The molecule has 142 valence electrons. The van der Waals surface area contributed by atoms with Crippen molar-refractivity contribution in [2.24, 2.45) is 5.92 Å². The Morgan fingerprint density at radius 1 is 1.35 bits per heavy atom. The second-order valence-electron chi connectivity index (χ2n) is 7.16. The van der Waals surface area contributed by atoms with Crippen molar-refractivity contribution in [3.63, 3.8) is 0 Å². The van der Waals surface area contributed by atoms with Gasteiger partial charge in [0.05, 0.1) is 5.69 Å². The number of hydrogen-bond acceptors (Lipinski definition) is 4. The number of aromatic nitrogens is 3. The van der Waals surface area contributed by atoms with Crippen LogP contribution in [-0.2, 0) is 0 Å². The van der Waals surface area contributed by atoms with Crippen molar-refractivity contribution in [1.82, 2.24) is 25.4 Å². The van der Waals surface area contributed by atoms with Crippen LogP contribution in [0.25, 0.3) is 5.69 Å². The number of piperidine rings is 1. The molecule has 0 saturated carbocycles. The van der Waals surface area contributed by atoms with Crippen LogP contribution in [0, 0.1) is 12.8 Å². The molecule has 0 aliphatic carbocycles. The predicted molar refractivity (Wildman–Crippen MR) is 105 cm³/mol. The summed E-state index contributed by atoms with van der Waals surface area (Å²) in [5.74, 6) is 1.56. The van der Waals surface area contributed by atoms with Gasteiger partial charge >= 0.3 is 0 Å². The predicted octanol–water partition coefficient (Wildman–Crippen LogP) is 2.85. The van der Waals surface area contributed by atoms with Gasteiger partial charge < -0.3 is 10.6 Å². The average molecular weight is 378 g/mol. The summed E-state index contributed by atoms with van der Waals surface area (Å²) in [6.07, 6.45) is 1.06. The van der Waals surface area contributed by atoms with E-state index in [1.165, 1.54) is 5.56 Å². The number of halogens is 1. The molecule has 0 bridgehead atoms. The van der Waals surface area contributed by atoms with Gasteiger partial charge in [0.2, 0.25) is 5.82 Å². The van der Waals surface area contributed by atoms with E-state index in [4.69, 9.17) is 0 Å². The first-order chi connectivity index (χ1) is 12.0. The van der Waals surface area contributed by atoms with E-state index in [-0.39, 0.29) is 30.2 Å². The zero-order valence-electron chi connectivity index (χ0n) is 15.8. The van der Waals surface area contributed by atoms with E-state index in [0.717, 1.165) is 25.2 Å². The third-order valence-electron chi connectivity index (χ3n) is 4.90. The standard InChI is InChI=1S/C19H27N5O.ClH/c1-12(2)15-7-5-6-8-17(15)24-14(4)21-18(23-24)19(25)22-16-11-20-10-9-13(16)3;/h5-8,12-13,16,20H,9-11H2,1-4H3,(H,22,25);1H. The Balaban J connectivity index is 0.00000243. The fourth-order valence-electron chi connectivity index (χ4n) is 3.30. The third kappa shape index (κ3) is 4.24. The van der Waals surface area contributed by atoms with Crippen LogP contribution in [0.4, 0.5) is 0 Å². The van der Waals surface area contributed by atoms with E-state index in [1.54, 1.807) is 4.68 Å². The fraction of sp³-hybridized carbons (Fsp3) is 0.526. The number of nitrogens with one attached hydrogen (secondary N) is 2. The van der Waals surface area contributed by atoms with Gasteiger partial charge in [0.15, 0.2) is 0 Å². The number of hydrogen-bond donors (Lipinski definition) is 2. The molecule has 1 amide bonds. The highest BCUT2D eigenvalue weighted by atomic mass is 35.5. The number of benzene rings is 1. The van der Waals surface area contributed by atoms with Crippen molar-refractivity contribution in [1.29, 1.82) is 0 Å². The second kappa shape index (κ2) is 8.64. The summed E-state index contributed by atoms with van der Waals surface area (Å²) in [5, 5.41) is 10.9. The smallest absolute Gasteiger partial charge is 0.291 e. The lowest BCUT2D eigenvalue weighted by atomic mass is 9.95.